The molecule has 0 bridgehead atoms. The zero-order valence-corrected chi connectivity index (χ0v) is 12.6. The molecular formula is C16H28N2O2. The molecule has 20 heavy (non-hydrogen) atoms. The van der Waals surface area contributed by atoms with E-state index in [-0.39, 0.29) is 5.41 Å². The number of carbonyl (C=O) groups is 1. The molecule has 0 aliphatic carbocycles. The van der Waals surface area contributed by atoms with E-state index in [2.05, 4.69) is 9.80 Å². The topological polar surface area (TPSA) is 32.8 Å². The first-order chi connectivity index (χ1) is 9.80. The maximum absolute atomic E-state index is 11.4. The van der Waals surface area contributed by atoms with Crippen molar-refractivity contribution < 1.29 is 9.53 Å². The summed E-state index contributed by atoms with van der Waals surface area (Å²) in [6.45, 7) is 8.54. The van der Waals surface area contributed by atoms with Crippen LogP contribution in [0.2, 0.25) is 0 Å². The molecule has 4 heteroatoms. The zero-order valence-electron chi connectivity index (χ0n) is 12.6. The van der Waals surface area contributed by atoms with Crippen molar-refractivity contribution in [1.82, 2.24) is 9.80 Å². The van der Waals surface area contributed by atoms with E-state index in [1.807, 2.05) is 0 Å². The maximum atomic E-state index is 11.4. The lowest BCUT2D eigenvalue weighted by molar-refractivity contribution is -0.117. The van der Waals surface area contributed by atoms with Gasteiger partial charge in [0.25, 0.3) is 0 Å². The summed E-state index contributed by atoms with van der Waals surface area (Å²) in [5, 5.41) is 0. The Kier molecular flexibility index (Phi) is 4.74. The Balaban J connectivity index is 1.42. The van der Waals surface area contributed by atoms with Crippen molar-refractivity contribution in [1.29, 1.82) is 0 Å². The lowest BCUT2D eigenvalue weighted by atomic mass is 9.87. The molecule has 0 aromatic rings. The monoisotopic (exact) mass is 280 g/mol. The fraction of sp³-hybridized carbons (Fsp3) is 0.938. The highest BCUT2D eigenvalue weighted by Gasteiger charge is 2.37. The predicted octanol–water partition coefficient (Wildman–Crippen LogP) is 1.40. The molecule has 1 unspecified atom stereocenters. The molecule has 3 rings (SSSR count). The van der Waals surface area contributed by atoms with Crippen LogP contribution in [0.5, 0.6) is 0 Å². The fourth-order valence-electron chi connectivity index (χ4n) is 3.98. The highest BCUT2D eigenvalue weighted by molar-refractivity contribution is 5.60. The third-order valence-corrected chi connectivity index (χ3v) is 5.34. The second kappa shape index (κ2) is 6.54. The van der Waals surface area contributed by atoms with Crippen LogP contribution in [0.15, 0.2) is 0 Å². The first kappa shape index (κ1) is 14.5. The molecule has 0 saturated carbocycles. The molecule has 3 heterocycles. The number of hydrogen-bond donors (Lipinski definition) is 0. The standard InChI is InChI=1S/C16H28N2O2/c19-13-16(5-10-20-14-16)12-18-8-3-15(4-9-18)11-17-6-1-2-7-17/h13,15H,1-12,14H2. The number of carbonyl (C=O) groups excluding carboxylic acids is 1. The first-order valence-corrected chi connectivity index (χ1v) is 8.28. The van der Waals surface area contributed by atoms with Crippen LogP contribution in [-0.2, 0) is 9.53 Å². The van der Waals surface area contributed by atoms with Crippen molar-refractivity contribution in [3.05, 3.63) is 0 Å². The van der Waals surface area contributed by atoms with Gasteiger partial charge in [-0.2, -0.15) is 0 Å². The average molecular weight is 280 g/mol. The molecule has 0 aromatic heterocycles. The molecular weight excluding hydrogens is 252 g/mol. The summed E-state index contributed by atoms with van der Waals surface area (Å²) < 4.78 is 5.44. The number of likely N-dealkylation sites (tertiary alicyclic amines) is 2. The molecule has 0 spiro atoms. The van der Waals surface area contributed by atoms with Gasteiger partial charge in [0.05, 0.1) is 12.0 Å². The average Bonchev–Trinajstić information content (AvgIpc) is 3.13. The van der Waals surface area contributed by atoms with Crippen LogP contribution in [0.4, 0.5) is 0 Å². The van der Waals surface area contributed by atoms with Crippen LogP contribution in [-0.4, -0.2) is 68.6 Å². The lowest BCUT2D eigenvalue weighted by Gasteiger charge is -2.37. The molecule has 3 aliphatic rings. The van der Waals surface area contributed by atoms with Gasteiger partial charge in [0.2, 0.25) is 0 Å². The molecule has 3 aliphatic heterocycles. The van der Waals surface area contributed by atoms with E-state index in [4.69, 9.17) is 4.74 Å². The minimum absolute atomic E-state index is 0.207. The van der Waals surface area contributed by atoms with Crippen molar-refractivity contribution >= 4 is 6.29 Å². The molecule has 0 radical (unpaired) electrons. The molecule has 114 valence electrons. The first-order valence-electron chi connectivity index (χ1n) is 8.28. The van der Waals surface area contributed by atoms with Crippen LogP contribution < -0.4 is 0 Å². The Bertz CT molecular complexity index is 314. The number of aldehydes is 1. The van der Waals surface area contributed by atoms with Gasteiger partial charge < -0.3 is 19.3 Å². The number of rotatable bonds is 5. The minimum atomic E-state index is -0.207. The van der Waals surface area contributed by atoms with E-state index in [0.717, 1.165) is 44.9 Å². The van der Waals surface area contributed by atoms with Gasteiger partial charge in [-0.15, -0.1) is 0 Å². The Labute approximate surface area is 122 Å². The van der Waals surface area contributed by atoms with E-state index in [9.17, 15) is 4.79 Å². The summed E-state index contributed by atoms with van der Waals surface area (Å²) in [5.41, 5.74) is -0.207. The molecule has 0 N–H and O–H groups in total. The predicted molar refractivity (Wildman–Crippen MR) is 78.8 cm³/mol. The Morgan fingerprint density at radius 3 is 2.45 bits per heavy atom. The fourth-order valence-corrected chi connectivity index (χ4v) is 3.98. The van der Waals surface area contributed by atoms with Crippen LogP contribution >= 0.6 is 0 Å². The minimum Gasteiger partial charge on any atom is -0.380 e. The number of nitrogens with zero attached hydrogens (tertiary/aromatic N) is 2. The van der Waals surface area contributed by atoms with Gasteiger partial charge >= 0.3 is 0 Å². The summed E-state index contributed by atoms with van der Waals surface area (Å²) in [7, 11) is 0. The van der Waals surface area contributed by atoms with Crippen molar-refractivity contribution in [2.45, 2.75) is 32.1 Å². The van der Waals surface area contributed by atoms with Gasteiger partial charge in [-0.05, 0) is 64.2 Å². The molecule has 0 amide bonds. The molecule has 4 nitrogen and oxygen atoms in total. The summed E-state index contributed by atoms with van der Waals surface area (Å²) in [6.07, 6.45) is 7.43. The van der Waals surface area contributed by atoms with Gasteiger partial charge in [0.15, 0.2) is 0 Å². The third-order valence-electron chi connectivity index (χ3n) is 5.34. The smallest absolute Gasteiger partial charge is 0.129 e. The quantitative estimate of drug-likeness (QED) is 0.713. The highest BCUT2D eigenvalue weighted by atomic mass is 16.5. The second-order valence-electron chi connectivity index (χ2n) is 7.01. The highest BCUT2D eigenvalue weighted by Crippen LogP contribution is 2.29. The second-order valence-corrected chi connectivity index (χ2v) is 7.01. The van der Waals surface area contributed by atoms with Crippen molar-refractivity contribution in [2.75, 3.05) is 52.5 Å². The van der Waals surface area contributed by atoms with Gasteiger partial charge in [-0.1, -0.05) is 0 Å². The Hall–Kier alpha value is -0.450. The van der Waals surface area contributed by atoms with Crippen molar-refractivity contribution in [3.8, 4) is 0 Å². The van der Waals surface area contributed by atoms with Gasteiger partial charge in [0, 0.05) is 19.7 Å². The van der Waals surface area contributed by atoms with E-state index in [1.54, 1.807) is 0 Å². The largest absolute Gasteiger partial charge is 0.380 e. The molecule has 3 fully saturated rings. The van der Waals surface area contributed by atoms with Crippen LogP contribution in [0.1, 0.15) is 32.1 Å². The van der Waals surface area contributed by atoms with E-state index in [1.165, 1.54) is 45.3 Å². The summed E-state index contributed by atoms with van der Waals surface area (Å²) in [4.78, 5) is 16.5. The molecule has 1 atom stereocenters. The zero-order chi connectivity index (χ0) is 13.8. The third kappa shape index (κ3) is 3.41. The number of hydrogen-bond acceptors (Lipinski definition) is 4. The normalized spacial score (nSPS) is 33.8. The van der Waals surface area contributed by atoms with E-state index < -0.39 is 0 Å². The summed E-state index contributed by atoms with van der Waals surface area (Å²) in [5.74, 6) is 0.872. The Morgan fingerprint density at radius 1 is 1.10 bits per heavy atom. The number of ether oxygens (including phenoxy) is 1. The lowest BCUT2D eigenvalue weighted by Crippen LogP contribution is -2.44. The SMILES string of the molecule is O=CC1(CN2CCC(CN3CCCC3)CC2)CCOC1. The summed E-state index contributed by atoms with van der Waals surface area (Å²) >= 11 is 0. The van der Waals surface area contributed by atoms with Gasteiger partial charge in [-0.25, -0.2) is 0 Å². The van der Waals surface area contributed by atoms with Gasteiger partial charge in [0.1, 0.15) is 6.29 Å². The van der Waals surface area contributed by atoms with Crippen molar-refractivity contribution in [2.24, 2.45) is 11.3 Å². The van der Waals surface area contributed by atoms with E-state index in [0.29, 0.717) is 6.61 Å². The van der Waals surface area contributed by atoms with E-state index >= 15 is 0 Å². The van der Waals surface area contributed by atoms with Crippen LogP contribution in [0.3, 0.4) is 0 Å². The molecule has 3 saturated heterocycles. The van der Waals surface area contributed by atoms with Crippen LogP contribution in [0.25, 0.3) is 0 Å². The Morgan fingerprint density at radius 2 is 1.85 bits per heavy atom. The van der Waals surface area contributed by atoms with Gasteiger partial charge in [-0.3, -0.25) is 0 Å². The number of piperidine rings is 1. The summed E-state index contributed by atoms with van der Waals surface area (Å²) in [6, 6.07) is 0. The maximum Gasteiger partial charge on any atom is 0.129 e. The molecule has 0 aromatic carbocycles. The van der Waals surface area contributed by atoms with Crippen molar-refractivity contribution in [3.63, 3.8) is 0 Å². The van der Waals surface area contributed by atoms with Crippen LogP contribution in [0, 0.1) is 11.3 Å².